The molecule has 1 aromatic heterocycles. The molecule has 0 saturated carbocycles. The Morgan fingerprint density at radius 2 is 1.80 bits per heavy atom. The number of piperidine rings is 1. The Kier molecular flexibility index (Phi) is 5.60. The number of benzene rings is 1. The van der Waals surface area contributed by atoms with Gasteiger partial charge in [0.2, 0.25) is 0 Å². The molecule has 0 bridgehead atoms. The molecule has 25 heavy (non-hydrogen) atoms. The first-order valence-corrected chi connectivity index (χ1v) is 10.0. The zero-order chi connectivity index (χ0) is 18.0. The van der Waals surface area contributed by atoms with E-state index in [0.29, 0.717) is 6.04 Å². The second-order valence-corrected chi connectivity index (χ2v) is 8.41. The average Bonchev–Trinajstić information content (AvgIpc) is 2.98. The summed E-state index contributed by atoms with van der Waals surface area (Å²) in [7, 11) is 0. The lowest BCUT2D eigenvalue weighted by Crippen LogP contribution is -2.46. The Morgan fingerprint density at radius 3 is 2.40 bits per heavy atom. The standard InChI is InChI=1S/C21H28N2OS/c1-14(2)23-11-9-18(10-12-23)22-21(24)19-13-25-16(4)20(19)17-7-5-15(3)6-8-17/h5-8,13-14,18H,9-12H2,1-4H3,(H,22,24). The molecule has 1 aliphatic heterocycles. The molecule has 1 aliphatic rings. The van der Waals surface area contributed by atoms with Gasteiger partial charge in [-0.25, -0.2) is 0 Å². The van der Waals surface area contributed by atoms with Crippen molar-refractivity contribution in [1.82, 2.24) is 10.2 Å². The zero-order valence-corrected chi connectivity index (χ0v) is 16.5. The van der Waals surface area contributed by atoms with Crippen molar-refractivity contribution in [3.05, 3.63) is 45.6 Å². The summed E-state index contributed by atoms with van der Waals surface area (Å²) >= 11 is 1.66. The summed E-state index contributed by atoms with van der Waals surface area (Å²) < 4.78 is 0. The van der Waals surface area contributed by atoms with Crippen LogP contribution >= 0.6 is 11.3 Å². The fraction of sp³-hybridized carbons (Fsp3) is 0.476. The number of thiophene rings is 1. The van der Waals surface area contributed by atoms with Crippen LogP contribution in [0.15, 0.2) is 29.6 Å². The van der Waals surface area contributed by atoms with Crippen LogP contribution in [-0.4, -0.2) is 36.0 Å². The SMILES string of the molecule is Cc1ccc(-c2c(C(=O)NC3CCN(C(C)C)CC3)csc2C)cc1. The quantitative estimate of drug-likeness (QED) is 0.866. The molecule has 2 heterocycles. The molecule has 1 N–H and O–H groups in total. The smallest absolute Gasteiger partial charge is 0.252 e. The molecule has 134 valence electrons. The third kappa shape index (κ3) is 4.13. The Labute approximate surface area is 155 Å². The molecule has 1 saturated heterocycles. The highest BCUT2D eigenvalue weighted by Crippen LogP contribution is 2.32. The van der Waals surface area contributed by atoms with Crippen molar-refractivity contribution >= 4 is 17.2 Å². The summed E-state index contributed by atoms with van der Waals surface area (Å²) in [6, 6.07) is 9.31. The van der Waals surface area contributed by atoms with Crippen molar-refractivity contribution in [2.45, 2.75) is 52.6 Å². The average molecular weight is 357 g/mol. The number of rotatable bonds is 4. The van der Waals surface area contributed by atoms with Gasteiger partial charge in [-0.05, 0) is 46.1 Å². The fourth-order valence-electron chi connectivity index (χ4n) is 3.52. The van der Waals surface area contributed by atoms with Gasteiger partial charge in [-0.1, -0.05) is 29.8 Å². The second kappa shape index (κ2) is 7.71. The van der Waals surface area contributed by atoms with Gasteiger partial charge >= 0.3 is 0 Å². The third-order valence-corrected chi connectivity index (χ3v) is 6.07. The molecule has 0 radical (unpaired) electrons. The number of hydrogen-bond acceptors (Lipinski definition) is 3. The highest BCUT2D eigenvalue weighted by molar-refractivity contribution is 7.10. The Bertz CT molecular complexity index is 725. The zero-order valence-electron chi connectivity index (χ0n) is 15.6. The summed E-state index contributed by atoms with van der Waals surface area (Å²) in [5, 5.41) is 5.27. The number of amides is 1. The summed E-state index contributed by atoms with van der Waals surface area (Å²) in [5.41, 5.74) is 4.27. The van der Waals surface area contributed by atoms with E-state index in [0.717, 1.165) is 42.6 Å². The number of aryl methyl sites for hydroxylation is 2. The summed E-state index contributed by atoms with van der Waals surface area (Å²) in [5.74, 6) is 0.0721. The minimum absolute atomic E-state index is 0.0721. The van der Waals surface area contributed by atoms with E-state index in [1.165, 1.54) is 10.4 Å². The number of nitrogens with one attached hydrogen (secondary N) is 1. The largest absolute Gasteiger partial charge is 0.349 e. The molecule has 2 aromatic rings. The second-order valence-electron chi connectivity index (χ2n) is 7.32. The van der Waals surface area contributed by atoms with Gasteiger partial charge in [0, 0.05) is 41.0 Å². The molecule has 3 nitrogen and oxygen atoms in total. The van der Waals surface area contributed by atoms with Crippen LogP contribution in [0.25, 0.3) is 11.1 Å². The van der Waals surface area contributed by atoms with Crippen LogP contribution in [0.1, 0.15) is 47.5 Å². The van der Waals surface area contributed by atoms with E-state index in [1.807, 2.05) is 5.38 Å². The van der Waals surface area contributed by atoms with Crippen molar-refractivity contribution in [3.8, 4) is 11.1 Å². The van der Waals surface area contributed by atoms with E-state index in [9.17, 15) is 4.79 Å². The van der Waals surface area contributed by atoms with E-state index >= 15 is 0 Å². The molecule has 3 rings (SSSR count). The highest BCUT2D eigenvalue weighted by Gasteiger charge is 2.24. The first-order valence-electron chi connectivity index (χ1n) is 9.15. The van der Waals surface area contributed by atoms with Gasteiger partial charge in [-0.3, -0.25) is 4.79 Å². The van der Waals surface area contributed by atoms with E-state index in [2.05, 4.69) is 62.2 Å². The van der Waals surface area contributed by atoms with Gasteiger partial charge in [0.05, 0.1) is 5.56 Å². The van der Waals surface area contributed by atoms with E-state index in [1.54, 1.807) is 11.3 Å². The van der Waals surface area contributed by atoms with Crippen molar-refractivity contribution in [2.75, 3.05) is 13.1 Å². The van der Waals surface area contributed by atoms with Gasteiger partial charge in [-0.15, -0.1) is 11.3 Å². The normalized spacial score (nSPS) is 16.4. The predicted molar refractivity (Wildman–Crippen MR) is 106 cm³/mol. The minimum atomic E-state index is 0.0721. The van der Waals surface area contributed by atoms with Crippen molar-refractivity contribution in [3.63, 3.8) is 0 Å². The molecule has 0 spiro atoms. The molecular weight excluding hydrogens is 328 g/mol. The first-order chi connectivity index (χ1) is 12.0. The third-order valence-electron chi connectivity index (χ3n) is 5.15. The molecule has 4 heteroatoms. The maximum atomic E-state index is 12.9. The maximum Gasteiger partial charge on any atom is 0.252 e. The molecule has 0 atom stereocenters. The lowest BCUT2D eigenvalue weighted by atomic mass is 9.99. The van der Waals surface area contributed by atoms with Crippen molar-refractivity contribution in [1.29, 1.82) is 0 Å². The highest BCUT2D eigenvalue weighted by atomic mass is 32.1. The summed E-state index contributed by atoms with van der Waals surface area (Å²) in [4.78, 5) is 16.6. The Morgan fingerprint density at radius 1 is 1.16 bits per heavy atom. The number of carbonyl (C=O) groups is 1. The van der Waals surface area contributed by atoms with Crippen LogP contribution in [0.4, 0.5) is 0 Å². The Hall–Kier alpha value is -1.65. The maximum absolute atomic E-state index is 12.9. The van der Waals surface area contributed by atoms with Crippen molar-refractivity contribution < 1.29 is 4.79 Å². The number of nitrogens with zero attached hydrogens (tertiary/aromatic N) is 1. The monoisotopic (exact) mass is 356 g/mol. The summed E-state index contributed by atoms with van der Waals surface area (Å²) in [6.45, 7) is 10.8. The van der Waals surface area contributed by atoms with Gasteiger partial charge in [0.15, 0.2) is 0 Å². The molecule has 1 amide bonds. The topological polar surface area (TPSA) is 32.3 Å². The fourth-order valence-corrected chi connectivity index (χ4v) is 4.39. The Balaban J connectivity index is 1.72. The number of carbonyl (C=O) groups excluding carboxylic acids is 1. The molecule has 1 aromatic carbocycles. The lowest BCUT2D eigenvalue weighted by molar-refractivity contribution is 0.0901. The van der Waals surface area contributed by atoms with E-state index < -0.39 is 0 Å². The molecule has 0 unspecified atom stereocenters. The van der Waals surface area contributed by atoms with E-state index in [4.69, 9.17) is 0 Å². The van der Waals surface area contributed by atoms with Gasteiger partial charge in [0.1, 0.15) is 0 Å². The minimum Gasteiger partial charge on any atom is -0.349 e. The van der Waals surface area contributed by atoms with E-state index in [-0.39, 0.29) is 11.9 Å². The lowest BCUT2D eigenvalue weighted by Gasteiger charge is -2.34. The van der Waals surface area contributed by atoms with Crippen LogP contribution in [0.2, 0.25) is 0 Å². The first kappa shape index (κ1) is 18.2. The number of hydrogen-bond donors (Lipinski definition) is 1. The molecule has 1 fully saturated rings. The van der Waals surface area contributed by atoms with Gasteiger partial charge in [-0.2, -0.15) is 0 Å². The van der Waals surface area contributed by atoms with Crippen LogP contribution in [0.5, 0.6) is 0 Å². The molecule has 0 aliphatic carbocycles. The van der Waals surface area contributed by atoms with Crippen LogP contribution in [-0.2, 0) is 0 Å². The summed E-state index contributed by atoms with van der Waals surface area (Å²) in [6.07, 6.45) is 2.07. The van der Waals surface area contributed by atoms with Crippen LogP contribution in [0, 0.1) is 13.8 Å². The van der Waals surface area contributed by atoms with Crippen LogP contribution in [0.3, 0.4) is 0 Å². The molecular formula is C21H28N2OS. The van der Waals surface area contributed by atoms with Gasteiger partial charge in [0.25, 0.3) is 5.91 Å². The van der Waals surface area contributed by atoms with Gasteiger partial charge < -0.3 is 10.2 Å². The predicted octanol–water partition coefficient (Wildman–Crippen LogP) is 4.63. The van der Waals surface area contributed by atoms with Crippen molar-refractivity contribution in [2.24, 2.45) is 0 Å². The number of likely N-dealkylation sites (tertiary alicyclic amines) is 1. The van der Waals surface area contributed by atoms with Crippen LogP contribution < -0.4 is 5.32 Å².